The summed E-state index contributed by atoms with van der Waals surface area (Å²) in [6.07, 6.45) is 0. The lowest BCUT2D eigenvalue weighted by atomic mass is 9.85. The molecule has 0 aromatic heterocycles. The molecule has 2 aliphatic heterocycles. The van der Waals surface area contributed by atoms with Crippen LogP contribution in [0.15, 0.2) is 71.6 Å². The van der Waals surface area contributed by atoms with Gasteiger partial charge in [0, 0.05) is 48.4 Å². The number of hydrogen-bond acceptors (Lipinski definition) is 7. The van der Waals surface area contributed by atoms with E-state index in [0.717, 1.165) is 54.5 Å². The Bertz CT molecular complexity index is 1170. The number of fused-ring (bicyclic) bond motifs is 1. The number of benzene rings is 3. The van der Waals surface area contributed by atoms with E-state index in [1.165, 1.54) is 0 Å². The smallest absolute Gasteiger partial charge is 0.171 e. The van der Waals surface area contributed by atoms with Gasteiger partial charge in [0.2, 0.25) is 0 Å². The van der Waals surface area contributed by atoms with Crippen molar-refractivity contribution in [2.24, 2.45) is 0 Å². The predicted molar refractivity (Wildman–Crippen MR) is 138 cm³/mol. The fourth-order valence-corrected chi connectivity index (χ4v) is 6.21. The number of rotatable bonds is 7. The van der Waals surface area contributed by atoms with Crippen LogP contribution >= 0.6 is 11.8 Å². The van der Waals surface area contributed by atoms with Crippen molar-refractivity contribution in [1.29, 1.82) is 0 Å². The van der Waals surface area contributed by atoms with Gasteiger partial charge in [-0.25, -0.2) is 0 Å². The number of phenolic OH excluding ortho intramolecular Hbond substituents is 2. The molecule has 0 saturated carbocycles. The highest BCUT2D eigenvalue weighted by atomic mass is 32.2. The highest BCUT2D eigenvalue weighted by Gasteiger charge is 2.39. The third-order valence-corrected chi connectivity index (χ3v) is 8.21. The first-order chi connectivity index (χ1) is 17.0. The number of aromatic hydroxyl groups is 2. The van der Waals surface area contributed by atoms with Gasteiger partial charge in [-0.05, 0) is 66.7 Å². The van der Waals surface area contributed by atoms with Gasteiger partial charge in [-0.3, -0.25) is 9.69 Å². The molecule has 0 spiro atoms. The zero-order chi connectivity index (χ0) is 24.4. The molecular formula is C28H30N2O4S. The molecule has 3 aromatic rings. The number of nitrogens with zero attached hydrogens (tertiary/aromatic N) is 2. The molecule has 5 rings (SSSR count). The Hall–Kier alpha value is -3.00. The number of piperazine rings is 1. The minimum absolute atomic E-state index is 0.0315. The number of hydrogen-bond donors (Lipinski definition) is 2. The maximum Gasteiger partial charge on any atom is 0.171 e. The molecule has 0 radical (unpaired) electrons. The molecule has 35 heavy (non-hydrogen) atoms. The number of likely N-dealkylation sites (N-methyl/N-ethyl adjacent to an activating group) is 1. The second kappa shape index (κ2) is 10.3. The molecule has 0 aliphatic carbocycles. The number of Topliss-reactive ketones (excluding diaryl/α,β-unsaturated/α-hetero) is 1. The van der Waals surface area contributed by atoms with E-state index < -0.39 is 0 Å². The summed E-state index contributed by atoms with van der Waals surface area (Å²) >= 11 is 1.57. The largest absolute Gasteiger partial charge is 0.508 e. The van der Waals surface area contributed by atoms with Gasteiger partial charge in [0.25, 0.3) is 0 Å². The maximum atomic E-state index is 13.7. The Morgan fingerprint density at radius 1 is 0.943 bits per heavy atom. The molecule has 182 valence electrons. The molecule has 6 nitrogen and oxygen atoms in total. The number of carbonyl (C=O) groups excluding carboxylic acids is 1. The second-order valence-electron chi connectivity index (χ2n) is 9.21. The van der Waals surface area contributed by atoms with E-state index in [9.17, 15) is 15.0 Å². The van der Waals surface area contributed by atoms with Crippen LogP contribution in [0.25, 0.3) is 0 Å². The number of carbonyl (C=O) groups is 1. The maximum absolute atomic E-state index is 13.7. The molecule has 3 aromatic carbocycles. The summed E-state index contributed by atoms with van der Waals surface area (Å²) in [6, 6.07) is 19.6. The fraction of sp³-hybridized carbons (Fsp3) is 0.321. The zero-order valence-corrected chi connectivity index (χ0v) is 20.6. The van der Waals surface area contributed by atoms with E-state index >= 15 is 0 Å². The third-order valence-electron chi connectivity index (χ3n) is 6.80. The summed E-state index contributed by atoms with van der Waals surface area (Å²) < 4.78 is 5.94. The zero-order valence-electron chi connectivity index (χ0n) is 19.8. The van der Waals surface area contributed by atoms with Crippen molar-refractivity contribution in [3.8, 4) is 17.2 Å². The van der Waals surface area contributed by atoms with Crippen LogP contribution in [0, 0.1) is 0 Å². The Morgan fingerprint density at radius 2 is 1.63 bits per heavy atom. The van der Waals surface area contributed by atoms with Crippen molar-refractivity contribution in [3.05, 3.63) is 83.4 Å². The quantitative estimate of drug-likeness (QED) is 0.471. The molecule has 2 N–H and O–H groups in total. The Balaban J connectivity index is 1.29. The number of phenols is 2. The average molecular weight is 491 g/mol. The minimum Gasteiger partial charge on any atom is -0.508 e. The van der Waals surface area contributed by atoms with Crippen molar-refractivity contribution in [2.45, 2.75) is 16.1 Å². The van der Waals surface area contributed by atoms with Gasteiger partial charge in [-0.1, -0.05) is 18.2 Å². The molecule has 0 bridgehead atoms. The molecule has 1 saturated heterocycles. The lowest BCUT2D eigenvalue weighted by Gasteiger charge is -2.32. The van der Waals surface area contributed by atoms with Gasteiger partial charge in [0.05, 0.1) is 5.92 Å². The normalized spacial score (nSPS) is 20.5. The van der Waals surface area contributed by atoms with Crippen molar-refractivity contribution < 1.29 is 19.7 Å². The highest BCUT2D eigenvalue weighted by molar-refractivity contribution is 8.00. The van der Waals surface area contributed by atoms with Gasteiger partial charge in [0.15, 0.2) is 5.78 Å². The average Bonchev–Trinajstić information content (AvgIpc) is 3.24. The molecule has 7 heteroatoms. The number of thioether (sulfide) groups is 1. The number of ether oxygens (including phenoxy) is 1. The van der Waals surface area contributed by atoms with Crippen LogP contribution in [0.5, 0.6) is 17.2 Å². The van der Waals surface area contributed by atoms with E-state index in [0.29, 0.717) is 12.2 Å². The summed E-state index contributed by atoms with van der Waals surface area (Å²) in [6.45, 7) is 5.82. The summed E-state index contributed by atoms with van der Waals surface area (Å²) in [4.78, 5) is 19.4. The van der Waals surface area contributed by atoms with E-state index in [4.69, 9.17) is 4.74 Å². The predicted octanol–water partition coefficient (Wildman–Crippen LogP) is 4.54. The second-order valence-corrected chi connectivity index (χ2v) is 10.4. The Morgan fingerprint density at radius 3 is 2.34 bits per heavy atom. The van der Waals surface area contributed by atoms with Crippen LogP contribution in [0.4, 0.5) is 0 Å². The van der Waals surface area contributed by atoms with Gasteiger partial charge >= 0.3 is 0 Å². The van der Waals surface area contributed by atoms with Gasteiger partial charge in [0.1, 0.15) is 23.9 Å². The van der Waals surface area contributed by atoms with E-state index in [1.54, 1.807) is 36.0 Å². The van der Waals surface area contributed by atoms with Crippen molar-refractivity contribution in [3.63, 3.8) is 0 Å². The molecule has 1 fully saturated rings. The van der Waals surface area contributed by atoms with E-state index in [-0.39, 0.29) is 28.5 Å². The third kappa shape index (κ3) is 5.32. The molecular weight excluding hydrogens is 460 g/mol. The summed E-state index contributed by atoms with van der Waals surface area (Å²) in [7, 11) is 2.15. The minimum atomic E-state index is -0.385. The monoisotopic (exact) mass is 490 g/mol. The van der Waals surface area contributed by atoms with Crippen molar-refractivity contribution in [1.82, 2.24) is 9.80 Å². The SMILES string of the molecule is CN1CCN(CCOc2ccc(C(=O)C3c4ccc(O)cc4SC3c3ccc(O)cc3)cc2)CC1. The molecule has 2 aliphatic rings. The first kappa shape index (κ1) is 23.7. The van der Waals surface area contributed by atoms with Gasteiger partial charge < -0.3 is 19.8 Å². The lowest BCUT2D eigenvalue weighted by molar-refractivity contribution is 0.0958. The topological polar surface area (TPSA) is 73.2 Å². The number of ketones is 1. The van der Waals surface area contributed by atoms with Gasteiger partial charge in [-0.15, -0.1) is 11.8 Å². The van der Waals surface area contributed by atoms with E-state index in [1.807, 2.05) is 42.5 Å². The summed E-state index contributed by atoms with van der Waals surface area (Å²) in [5, 5.41) is 19.5. The molecule has 2 heterocycles. The van der Waals surface area contributed by atoms with Crippen molar-refractivity contribution in [2.75, 3.05) is 46.4 Å². The van der Waals surface area contributed by atoms with Crippen LogP contribution in [0.2, 0.25) is 0 Å². The van der Waals surface area contributed by atoms with Gasteiger partial charge in [-0.2, -0.15) is 0 Å². The molecule has 2 unspecified atom stereocenters. The van der Waals surface area contributed by atoms with Crippen LogP contribution in [0.1, 0.15) is 32.7 Å². The summed E-state index contributed by atoms with van der Waals surface area (Å²) in [5.74, 6) is 0.787. The highest BCUT2D eigenvalue weighted by Crippen LogP contribution is 2.56. The standard InChI is InChI=1S/C28H30N2O4S/c1-29-12-14-30(15-13-29)16-17-34-23-9-4-19(5-10-23)27(33)26-24-11-8-22(32)18-25(24)35-28(26)20-2-6-21(31)7-3-20/h2-11,18,26,28,31-32H,12-17H2,1H3. The first-order valence-electron chi connectivity index (χ1n) is 11.9. The lowest BCUT2D eigenvalue weighted by Crippen LogP contribution is -2.45. The molecule has 2 atom stereocenters. The Kier molecular flexibility index (Phi) is 7.00. The van der Waals surface area contributed by atoms with Crippen LogP contribution in [-0.2, 0) is 0 Å². The molecule has 0 amide bonds. The Labute approximate surface area is 210 Å². The summed E-state index contributed by atoms with van der Waals surface area (Å²) in [5.41, 5.74) is 2.51. The van der Waals surface area contributed by atoms with Crippen LogP contribution < -0.4 is 4.74 Å². The van der Waals surface area contributed by atoms with Crippen LogP contribution in [-0.4, -0.2) is 72.2 Å². The van der Waals surface area contributed by atoms with E-state index in [2.05, 4.69) is 16.8 Å². The fourth-order valence-electron chi connectivity index (χ4n) is 4.71. The van der Waals surface area contributed by atoms with Crippen LogP contribution in [0.3, 0.4) is 0 Å². The van der Waals surface area contributed by atoms with Crippen molar-refractivity contribution >= 4 is 17.5 Å². The first-order valence-corrected chi connectivity index (χ1v) is 12.8.